The maximum absolute atomic E-state index is 12.2. The molecule has 0 aliphatic heterocycles. The van der Waals surface area contributed by atoms with Gasteiger partial charge in [0.2, 0.25) is 11.1 Å². The van der Waals surface area contributed by atoms with E-state index in [2.05, 4.69) is 39.9 Å². The fourth-order valence-electron chi connectivity index (χ4n) is 2.57. The zero-order chi connectivity index (χ0) is 18.4. The van der Waals surface area contributed by atoms with Gasteiger partial charge in [-0.1, -0.05) is 67.2 Å². The van der Waals surface area contributed by atoms with Crippen molar-refractivity contribution in [3.05, 3.63) is 65.7 Å². The number of tetrazole rings is 1. The molecule has 0 radical (unpaired) electrons. The summed E-state index contributed by atoms with van der Waals surface area (Å²) in [5.41, 5.74) is 3.20. The molecule has 1 aromatic heterocycles. The number of aryl methyl sites for hydroxylation is 1. The Kier molecular flexibility index (Phi) is 6.01. The lowest BCUT2D eigenvalue weighted by atomic mass is 10.0. The first kappa shape index (κ1) is 18.1. The smallest absolute Gasteiger partial charge is 0.230 e. The fraction of sp³-hybridized carbons (Fsp3) is 0.263. The number of para-hydroxylation sites is 1. The van der Waals surface area contributed by atoms with Crippen molar-refractivity contribution in [2.75, 3.05) is 12.3 Å². The van der Waals surface area contributed by atoms with E-state index in [4.69, 9.17) is 0 Å². The number of carbonyl (C=O) groups is 1. The van der Waals surface area contributed by atoms with Crippen molar-refractivity contribution >= 4 is 17.7 Å². The number of aromatic nitrogens is 4. The molecule has 0 fully saturated rings. The molecule has 0 saturated heterocycles. The van der Waals surface area contributed by atoms with Gasteiger partial charge in [-0.2, -0.15) is 4.68 Å². The monoisotopic (exact) mass is 367 g/mol. The van der Waals surface area contributed by atoms with Gasteiger partial charge in [0.1, 0.15) is 0 Å². The lowest BCUT2D eigenvalue weighted by molar-refractivity contribution is -0.118. The van der Waals surface area contributed by atoms with Crippen LogP contribution in [0.5, 0.6) is 0 Å². The number of nitrogens with zero attached hydrogens (tertiary/aromatic N) is 4. The van der Waals surface area contributed by atoms with Crippen LogP contribution in [-0.2, 0) is 4.79 Å². The second-order valence-electron chi connectivity index (χ2n) is 6.06. The maximum Gasteiger partial charge on any atom is 0.230 e. The summed E-state index contributed by atoms with van der Waals surface area (Å²) in [7, 11) is 0. The first-order valence-electron chi connectivity index (χ1n) is 8.44. The summed E-state index contributed by atoms with van der Waals surface area (Å²) in [6.45, 7) is 4.71. The Bertz CT molecular complexity index is 865. The second-order valence-corrected chi connectivity index (χ2v) is 7.01. The number of hydrogen-bond donors (Lipinski definition) is 1. The van der Waals surface area contributed by atoms with Gasteiger partial charge in [-0.3, -0.25) is 4.79 Å². The van der Waals surface area contributed by atoms with Crippen molar-refractivity contribution in [3.8, 4) is 5.69 Å². The quantitative estimate of drug-likeness (QED) is 0.650. The number of amides is 1. The number of carbonyl (C=O) groups excluding carboxylic acids is 1. The Balaban J connectivity index is 1.54. The summed E-state index contributed by atoms with van der Waals surface area (Å²) in [5, 5.41) is 15.4. The van der Waals surface area contributed by atoms with E-state index in [-0.39, 0.29) is 17.6 Å². The van der Waals surface area contributed by atoms with Gasteiger partial charge in [-0.25, -0.2) is 0 Å². The first-order valence-corrected chi connectivity index (χ1v) is 9.42. The van der Waals surface area contributed by atoms with Crippen LogP contribution in [0.3, 0.4) is 0 Å². The summed E-state index contributed by atoms with van der Waals surface area (Å²) >= 11 is 1.33. The van der Waals surface area contributed by atoms with Gasteiger partial charge >= 0.3 is 0 Å². The molecule has 0 saturated carbocycles. The highest BCUT2D eigenvalue weighted by atomic mass is 32.2. The van der Waals surface area contributed by atoms with E-state index in [0.29, 0.717) is 11.7 Å². The standard InChI is InChI=1S/C19H21N5OS/c1-14-8-6-7-11-17(14)24-19(21-22-23-24)26-13-18(25)20-12-15(2)16-9-4-3-5-10-16/h3-11,15H,12-13H2,1-2H3,(H,20,25)/t15-/m1/s1. The van der Waals surface area contributed by atoms with Gasteiger partial charge in [-0.15, -0.1) is 5.10 Å². The molecule has 3 rings (SSSR count). The molecule has 1 amide bonds. The summed E-state index contributed by atoms with van der Waals surface area (Å²) < 4.78 is 1.67. The number of nitrogens with one attached hydrogen (secondary N) is 1. The normalized spacial score (nSPS) is 11.9. The lowest BCUT2D eigenvalue weighted by Crippen LogP contribution is -2.29. The topological polar surface area (TPSA) is 72.7 Å². The Morgan fingerprint density at radius 1 is 1.15 bits per heavy atom. The average molecular weight is 367 g/mol. The first-order chi connectivity index (χ1) is 12.6. The second kappa shape index (κ2) is 8.62. The van der Waals surface area contributed by atoms with Crippen LogP contribution in [-0.4, -0.2) is 38.4 Å². The fourth-order valence-corrected chi connectivity index (χ4v) is 3.28. The van der Waals surface area contributed by atoms with E-state index >= 15 is 0 Å². The van der Waals surface area contributed by atoms with Crippen molar-refractivity contribution in [3.63, 3.8) is 0 Å². The molecule has 6 nitrogen and oxygen atoms in total. The molecule has 0 aliphatic carbocycles. The zero-order valence-corrected chi connectivity index (χ0v) is 15.6. The molecule has 26 heavy (non-hydrogen) atoms. The van der Waals surface area contributed by atoms with Gasteiger partial charge in [0.25, 0.3) is 0 Å². The zero-order valence-electron chi connectivity index (χ0n) is 14.8. The highest BCUT2D eigenvalue weighted by molar-refractivity contribution is 7.99. The van der Waals surface area contributed by atoms with Crippen molar-refractivity contribution in [1.82, 2.24) is 25.5 Å². The molecule has 0 unspecified atom stereocenters. The Hall–Kier alpha value is -2.67. The number of rotatable bonds is 7. The van der Waals surface area contributed by atoms with Crippen molar-refractivity contribution in [2.24, 2.45) is 0 Å². The van der Waals surface area contributed by atoms with E-state index < -0.39 is 0 Å². The van der Waals surface area contributed by atoms with E-state index in [9.17, 15) is 4.79 Å². The molecule has 1 atom stereocenters. The molecule has 3 aromatic rings. The van der Waals surface area contributed by atoms with Crippen LogP contribution in [0.15, 0.2) is 59.8 Å². The van der Waals surface area contributed by atoms with Crippen LogP contribution in [0.4, 0.5) is 0 Å². The Morgan fingerprint density at radius 2 is 1.88 bits per heavy atom. The van der Waals surface area contributed by atoms with E-state index in [1.807, 2.05) is 49.4 Å². The predicted molar refractivity (Wildman–Crippen MR) is 102 cm³/mol. The minimum atomic E-state index is -0.0304. The third kappa shape index (κ3) is 4.49. The van der Waals surface area contributed by atoms with Crippen molar-refractivity contribution in [2.45, 2.75) is 24.9 Å². The molecule has 134 valence electrons. The minimum Gasteiger partial charge on any atom is -0.355 e. The van der Waals surface area contributed by atoms with Crippen molar-refractivity contribution < 1.29 is 4.79 Å². The third-order valence-electron chi connectivity index (χ3n) is 4.09. The predicted octanol–water partition coefficient (Wildman–Crippen LogP) is 2.98. The molecule has 0 bridgehead atoms. The molecule has 0 spiro atoms. The van der Waals surface area contributed by atoms with Crippen LogP contribution in [0.2, 0.25) is 0 Å². The third-order valence-corrected chi connectivity index (χ3v) is 5.01. The maximum atomic E-state index is 12.2. The highest BCUT2D eigenvalue weighted by Gasteiger charge is 2.13. The largest absolute Gasteiger partial charge is 0.355 e. The van der Waals surface area contributed by atoms with Gasteiger partial charge < -0.3 is 5.32 Å². The molecule has 1 N–H and O–H groups in total. The van der Waals surface area contributed by atoms with E-state index in [0.717, 1.165) is 11.3 Å². The van der Waals surface area contributed by atoms with Crippen LogP contribution in [0.25, 0.3) is 5.69 Å². The molecular formula is C19H21N5OS. The summed E-state index contributed by atoms with van der Waals surface area (Å²) in [4.78, 5) is 12.2. The molecule has 0 aliphatic rings. The summed E-state index contributed by atoms with van der Waals surface area (Å²) in [5.74, 6) is 0.507. The minimum absolute atomic E-state index is 0.0304. The van der Waals surface area contributed by atoms with Crippen LogP contribution >= 0.6 is 11.8 Å². The molecule has 1 heterocycles. The van der Waals surface area contributed by atoms with Gasteiger partial charge in [0.15, 0.2) is 0 Å². The van der Waals surface area contributed by atoms with E-state index in [1.54, 1.807) is 4.68 Å². The average Bonchev–Trinajstić information content (AvgIpc) is 3.14. The number of benzene rings is 2. The van der Waals surface area contributed by atoms with Crippen LogP contribution in [0, 0.1) is 6.92 Å². The van der Waals surface area contributed by atoms with E-state index in [1.165, 1.54) is 17.3 Å². The van der Waals surface area contributed by atoms with Crippen molar-refractivity contribution in [1.29, 1.82) is 0 Å². The molecule has 2 aromatic carbocycles. The summed E-state index contributed by atoms with van der Waals surface area (Å²) in [6, 6.07) is 18.0. The SMILES string of the molecule is Cc1ccccc1-n1nnnc1SCC(=O)NC[C@@H](C)c1ccccc1. The molecular weight excluding hydrogens is 346 g/mol. The highest BCUT2D eigenvalue weighted by Crippen LogP contribution is 2.20. The van der Waals surface area contributed by atoms with Gasteiger partial charge in [0, 0.05) is 6.54 Å². The van der Waals surface area contributed by atoms with Gasteiger partial charge in [-0.05, 0) is 40.5 Å². The van der Waals surface area contributed by atoms with Crippen LogP contribution in [0.1, 0.15) is 24.0 Å². The van der Waals surface area contributed by atoms with Gasteiger partial charge in [0.05, 0.1) is 11.4 Å². The number of hydrogen-bond acceptors (Lipinski definition) is 5. The Labute approximate surface area is 157 Å². The number of thioether (sulfide) groups is 1. The Morgan fingerprint density at radius 3 is 2.65 bits per heavy atom. The lowest BCUT2D eigenvalue weighted by Gasteiger charge is -2.13. The molecule has 7 heteroatoms. The van der Waals surface area contributed by atoms with Crippen LogP contribution < -0.4 is 5.32 Å². The summed E-state index contributed by atoms with van der Waals surface area (Å²) in [6.07, 6.45) is 0.